The van der Waals surface area contributed by atoms with Crippen LogP contribution in [0.1, 0.15) is 32.0 Å². The van der Waals surface area contributed by atoms with Gasteiger partial charge in [-0.2, -0.15) is 10.1 Å². The Morgan fingerprint density at radius 3 is 2.43 bits per heavy atom. The molecule has 0 aliphatic rings. The van der Waals surface area contributed by atoms with Crippen LogP contribution in [0.4, 0.5) is 5.95 Å². The Kier molecular flexibility index (Phi) is 3.46. The molecule has 1 rings (SSSR count). The summed E-state index contributed by atoms with van der Waals surface area (Å²) in [4.78, 5) is 4.18. The van der Waals surface area contributed by atoms with Gasteiger partial charge < -0.3 is 11.5 Å². The number of nitrogen functional groups attached to an aromatic ring is 1. The van der Waals surface area contributed by atoms with Gasteiger partial charge in [-0.25, -0.2) is 4.68 Å². The molecule has 1 atom stereocenters. The van der Waals surface area contributed by atoms with Crippen LogP contribution >= 0.6 is 0 Å². The van der Waals surface area contributed by atoms with Crippen LogP contribution in [0.2, 0.25) is 0 Å². The standard InChI is InChI=1S/C9H19N5/c1-6(2)4-7(5-10)8-12-9(11)14(3)13-8/h6-7H,4-5,10H2,1-3H3,(H2,11,12,13). The second-order valence-electron chi connectivity index (χ2n) is 4.01. The first-order valence-electron chi connectivity index (χ1n) is 4.91. The van der Waals surface area contributed by atoms with Crippen molar-refractivity contribution in [3.8, 4) is 0 Å². The average Bonchev–Trinajstić information content (AvgIpc) is 2.42. The highest BCUT2D eigenvalue weighted by Crippen LogP contribution is 2.20. The summed E-state index contributed by atoms with van der Waals surface area (Å²) >= 11 is 0. The summed E-state index contributed by atoms with van der Waals surface area (Å²) in [5, 5.41) is 4.24. The number of anilines is 1. The molecule has 5 heteroatoms. The summed E-state index contributed by atoms with van der Waals surface area (Å²) < 4.78 is 1.58. The molecule has 1 aromatic rings. The quantitative estimate of drug-likeness (QED) is 0.735. The molecule has 4 N–H and O–H groups in total. The van der Waals surface area contributed by atoms with Crippen molar-refractivity contribution in [1.82, 2.24) is 14.8 Å². The van der Waals surface area contributed by atoms with E-state index in [2.05, 4.69) is 23.9 Å². The highest BCUT2D eigenvalue weighted by Gasteiger charge is 2.17. The van der Waals surface area contributed by atoms with Crippen LogP contribution in [0.5, 0.6) is 0 Å². The molecule has 0 fully saturated rings. The second-order valence-corrected chi connectivity index (χ2v) is 4.01. The molecule has 0 spiro atoms. The SMILES string of the molecule is CC(C)CC(CN)c1nc(N)n(C)n1. The summed E-state index contributed by atoms with van der Waals surface area (Å²) in [6, 6.07) is 0. The van der Waals surface area contributed by atoms with E-state index in [4.69, 9.17) is 11.5 Å². The predicted octanol–water partition coefficient (Wildman–Crippen LogP) is 0.486. The minimum atomic E-state index is 0.221. The molecule has 0 bridgehead atoms. The Morgan fingerprint density at radius 2 is 2.07 bits per heavy atom. The Balaban J connectivity index is 2.78. The smallest absolute Gasteiger partial charge is 0.218 e. The van der Waals surface area contributed by atoms with E-state index < -0.39 is 0 Å². The predicted molar refractivity (Wildman–Crippen MR) is 56.7 cm³/mol. The van der Waals surface area contributed by atoms with Crippen molar-refractivity contribution in [2.45, 2.75) is 26.2 Å². The van der Waals surface area contributed by atoms with Crippen molar-refractivity contribution in [3.05, 3.63) is 5.82 Å². The molecular weight excluding hydrogens is 178 g/mol. The van der Waals surface area contributed by atoms with Crippen LogP contribution in [-0.4, -0.2) is 21.3 Å². The van der Waals surface area contributed by atoms with Crippen molar-refractivity contribution >= 4 is 5.95 Å². The molecule has 1 heterocycles. The molecule has 14 heavy (non-hydrogen) atoms. The van der Waals surface area contributed by atoms with E-state index >= 15 is 0 Å². The van der Waals surface area contributed by atoms with Gasteiger partial charge in [0.1, 0.15) is 0 Å². The Bertz CT molecular complexity index is 272. The molecule has 1 aromatic heterocycles. The number of aromatic nitrogens is 3. The van der Waals surface area contributed by atoms with Crippen LogP contribution in [0.3, 0.4) is 0 Å². The van der Waals surface area contributed by atoms with Gasteiger partial charge in [0.2, 0.25) is 5.95 Å². The molecule has 1 unspecified atom stereocenters. The zero-order chi connectivity index (χ0) is 10.7. The maximum absolute atomic E-state index is 5.68. The van der Waals surface area contributed by atoms with E-state index in [0.29, 0.717) is 18.4 Å². The number of hydrogen-bond donors (Lipinski definition) is 2. The minimum Gasteiger partial charge on any atom is -0.368 e. The summed E-state index contributed by atoms with van der Waals surface area (Å²) in [7, 11) is 1.79. The number of nitrogens with two attached hydrogens (primary N) is 2. The molecule has 80 valence electrons. The first kappa shape index (κ1) is 11.0. The average molecular weight is 197 g/mol. The second kappa shape index (κ2) is 4.41. The van der Waals surface area contributed by atoms with E-state index in [0.717, 1.165) is 12.2 Å². The topological polar surface area (TPSA) is 82.7 Å². The zero-order valence-electron chi connectivity index (χ0n) is 9.07. The molecule has 0 aliphatic carbocycles. The fourth-order valence-corrected chi connectivity index (χ4v) is 1.47. The minimum absolute atomic E-state index is 0.221. The third kappa shape index (κ3) is 2.45. The van der Waals surface area contributed by atoms with Gasteiger partial charge in [-0.3, -0.25) is 0 Å². The highest BCUT2D eigenvalue weighted by molar-refractivity contribution is 5.17. The van der Waals surface area contributed by atoms with Crippen LogP contribution in [0.15, 0.2) is 0 Å². The first-order valence-corrected chi connectivity index (χ1v) is 4.91. The monoisotopic (exact) mass is 197 g/mol. The van der Waals surface area contributed by atoms with Crippen molar-refractivity contribution in [2.24, 2.45) is 18.7 Å². The molecule has 0 saturated carbocycles. The van der Waals surface area contributed by atoms with Crippen molar-refractivity contribution in [1.29, 1.82) is 0 Å². The summed E-state index contributed by atoms with van der Waals surface area (Å²) in [5.74, 6) is 2.02. The van der Waals surface area contributed by atoms with E-state index in [9.17, 15) is 0 Å². The fourth-order valence-electron chi connectivity index (χ4n) is 1.47. The van der Waals surface area contributed by atoms with Crippen molar-refractivity contribution in [3.63, 3.8) is 0 Å². The molecule has 0 radical (unpaired) electrons. The highest BCUT2D eigenvalue weighted by atomic mass is 15.4. The van der Waals surface area contributed by atoms with Gasteiger partial charge in [-0.05, 0) is 12.3 Å². The zero-order valence-corrected chi connectivity index (χ0v) is 9.07. The Hall–Kier alpha value is -1.10. The summed E-state index contributed by atoms with van der Waals surface area (Å²) in [5.41, 5.74) is 11.3. The lowest BCUT2D eigenvalue weighted by Crippen LogP contribution is -2.16. The number of nitrogens with zero attached hydrogens (tertiary/aromatic N) is 3. The third-order valence-corrected chi connectivity index (χ3v) is 2.22. The van der Waals surface area contributed by atoms with Gasteiger partial charge >= 0.3 is 0 Å². The Morgan fingerprint density at radius 1 is 1.43 bits per heavy atom. The third-order valence-electron chi connectivity index (χ3n) is 2.22. The molecule has 0 saturated heterocycles. The lowest BCUT2D eigenvalue weighted by Gasteiger charge is -2.12. The normalized spacial score (nSPS) is 13.5. The van der Waals surface area contributed by atoms with Crippen LogP contribution in [0.25, 0.3) is 0 Å². The van der Waals surface area contributed by atoms with E-state index in [1.165, 1.54) is 0 Å². The maximum atomic E-state index is 5.68. The van der Waals surface area contributed by atoms with Crippen molar-refractivity contribution < 1.29 is 0 Å². The Labute approximate surface area is 84.5 Å². The number of rotatable bonds is 4. The van der Waals surface area contributed by atoms with Gasteiger partial charge in [0.05, 0.1) is 0 Å². The number of hydrogen-bond acceptors (Lipinski definition) is 4. The lowest BCUT2D eigenvalue weighted by atomic mass is 9.97. The molecular formula is C9H19N5. The first-order chi connectivity index (χ1) is 6.54. The summed E-state index contributed by atoms with van der Waals surface area (Å²) in [6.45, 7) is 4.89. The van der Waals surface area contributed by atoms with Crippen LogP contribution in [-0.2, 0) is 7.05 Å². The number of aryl methyl sites for hydroxylation is 1. The molecule has 5 nitrogen and oxygen atoms in total. The van der Waals surface area contributed by atoms with Crippen molar-refractivity contribution in [2.75, 3.05) is 12.3 Å². The molecule has 0 amide bonds. The molecule has 0 aromatic carbocycles. The van der Waals surface area contributed by atoms with E-state index in [-0.39, 0.29) is 5.92 Å². The maximum Gasteiger partial charge on any atom is 0.218 e. The van der Waals surface area contributed by atoms with Gasteiger partial charge in [0.25, 0.3) is 0 Å². The van der Waals surface area contributed by atoms with Crippen LogP contribution in [0, 0.1) is 5.92 Å². The molecule has 0 aliphatic heterocycles. The van der Waals surface area contributed by atoms with Crippen LogP contribution < -0.4 is 11.5 Å². The fraction of sp³-hybridized carbons (Fsp3) is 0.778. The van der Waals surface area contributed by atoms with Gasteiger partial charge in [-0.1, -0.05) is 13.8 Å². The van der Waals surface area contributed by atoms with Gasteiger partial charge in [0.15, 0.2) is 5.82 Å². The van der Waals surface area contributed by atoms with Gasteiger partial charge in [-0.15, -0.1) is 0 Å². The lowest BCUT2D eigenvalue weighted by molar-refractivity contribution is 0.486. The largest absolute Gasteiger partial charge is 0.368 e. The summed E-state index contributed by atoms with van der Waals surface area (Å²) in [6.07, 6.45) is 1.000. The van der Waals surface area contributed by atoms with E-state index in [1.807, 2.05) is 0 Å². The van der Waals surface area contributed by atoms with Gasteiger partial charge in [0, 0.05) is 19.5 Å². The van der Waals surface area contributed by atoms with E-state index in [1.54, 1.807) is 11.7 Å².